The van der Waals surface area contributed by atoms with Gasteiger partial charge in [0.25, 0.3) is 5.91 Å². The fraction of sp³-hybridized carbons (Fsp3) is 0.435. The summed E-state index contributed by atoms with van der Waals surface area (Å²) in [6.45, 7) is 7.78. The van der Waals surface area contributed by atoms with Crippen molar-refractivity contribution in [3.05, 3.63) is 64.2 Å². The Morgan fingerprint density at radius 1 is 1.25 bits per heavy atom. The van der Waals surface area contributed by atoms with Crippen LogP contribution in [0.4, 0.5) is 0 Å². The molecule has 150 valence electrons. The molecular weight excluding hydrogens is 352 g/mol. The number of carbonyl (C=O) groups excluding carboxylic acids is 1. The summed E-state index contributed by atoms with van der Waals surface area (Å²) in [6, 6.07) is 11.6. The number of hydrogen-bond donors (Lipinski definition) is 1. The molecule has 0 spiro atoms. The van der Waals surface area contributed by atoms with Gasteiger partial charge in [0.05, 0.1) is 12.1 Å². The number of carbonyl (C=O) groups is 1. The monoisotopic (exact) mass is 382 g/mol. The zero-order valence-electron chi connectivity index (χ0n) is 17.5. The van der Waals surface area contributed by atoms with Gasteiger partial charge in [-0.1, -0.05) is 18.2 Å². The minimum absolute atomic E-state index is 0.0168. The molecule has 0 saturated heterocycles. The number of fused-ring (bicyclic) bond motifs is 1. The molecule has 0 fully saturated rings. The maximum absolute atomic E-state index is 13.2. The Morgan fingerprint density at radius 3 is 2.71 bits per heavy atom. The molecule has 5 nitrogen and oxygen atoms in total. The number of ether oxygens (including phenoxy) is 1. The molecule has 1 amide bonds. The Hall–Kier alpha value is -2.37. The van der Waals surface area contributed by atoms with E-state index >= 15 is 0 Å². The number of aryl methyl sites for hydroxylation is 1. The Bertz CT molecular complexity index is 874. The number of aliphatic hydroxyl groups is 1. The van der Waals surface area contributed by atoms with E-state index in [9.17, 15) is 9.90 Å². The smallest absolute Gasteiger partial charge is 0.254 e. The van der Waals surface area contributed by atoms with E-state index in [0.717, 1.165) is 33.6 Å². The minimum Gasteiger partial charge on any atom is -0.491 e. The minimum atomic E-state index is -0.979. The Kier molecular flexibility index (Phi) is 5.77. The van der Waals surface area contributed by atoms with Crippen LogP contribution in [0.25, 0.3) is 0 Å². The van der Waals surface area contributed by atoms with Crippen molar-refractivity contribution in [3.63, 3.8) is 0 Å². The molecule has 0 aliphatic carbocycles. The molecule has 1 N–H and O–H groups in total. The zero-order chi connectivity index (χ0) is 20.5. The zero-order valence-corrected chi connectivity index (χ0v) is 17.5. The highest BCUT2D eigenvalue weighted by Gasteiger charge is 2.27. The van der Waals surface area contributed by atoms with Crippen molar-refractivity contribution in [2.75, 3.05) is 33.8 Å². The third-order valence-corrected chi connectivity index (χ3v) is 5.41. The summed E-state index contributed by atoms with van der Waals surface area (Å²) >= 11 is 0. The molecule has 0 bridgehead atoms. The number of amides is 1. The third kappa shape index (κ3) is 4.21. The summed E-state index contributed by atoms with van der Waals surface area (Å²) in [5.41, 5.74) is 3.63. The number of benzene rings is 2. The van der Waals surface area contributed by atoms with Crippen LogP contribution in [-0.2, 0) is 12.1 Å². The standard InChI is InChI=1S/C23H30N2O3/c1-16-7-6-8-20(17(16)2)22(26)25-11-12-28-21-10-9-19(13-18(21)14-25)23(3,27)15-24(4)5/h6-10,13,27H,11-12,14-15H2,1-5H3. The van der Waals surface area contributed by atoms with Crippen LogP contribution in [0.1, 0.15) is 39.5 Å². The van der Waals surface area contributed by atoms with Crippen molar-refractivity contribution in [1.82, 2.24) is 9.80 Å². The lowest BCUT2D eigenvalue weighted by Gasteiger charge is -2.28. The van der Waals surface area contributed by atoms with Crippen LogP contribution in [0.3, 0.4) is 0 Å². The van der Waals surface area contributed by atoms with Crippen LogP contribution in [0.2, 0.25) is 0 Å². The summed E-state index contributed by atoms with van der Waals surface area (Å²) in [5, 5.41) is 10.9. The first-order chi connectivity index (χ1) is 13.2. The summed E-state index contributed by atoms with van der Waals surface area (Å²) in [6.07, 6.45) is 0. The SMILES string of the molecule is Cc1cccc(C(=O)N2CCOc3ccc(C(C)(O)CN(C)C)cc3C2)c1C. The third-order valence-electron chi connectivity index (χ3n) is 5.41. The van der Waals surface area contributed by atoms with Crippen LogP contribution in [0, 0.1) is 13.8 Å². The van der Waals surface area contributed by atoms with Gasteiger partial charge in [-0.3, -0.25) is 4.79 Å². The molecule has 3 rings (SSSR count). The van der Waals surface area contributed by atoms with Gasteiger partial charge >= 0.3 is 0 Å². The first-order valence-corrected chi connectivity index (χ1v) is 9.68. The van der Waals surface area contributed by atoms with Gasteiger partial charge in [0.2, 0.25) is 0 Å². The average Bonchev–Trinajstić information content (AvgIpc) is 2.84. The predicted molar refractivity (Wildman–Crippen MR) is 111 cm³/mol. The van der Waals surface area contributed by atoms with Crippen LogP contribution in [0.15, 0.2) is 36.4 Å². The van der Waals surface area contributed by atoms with Crippen molar-refractivity contribution in [3.8, 4) is 5.75 Å². The second kappa shape index (κ2) is 7.94. The quantitative estimate of drug-likeness (QED) is 0.883. The maximum atomic E-state index is 13.2. The molecule has 28 heavy (non-hydrogen) atoms. The van der Waals surface area contributed by atoms with Gasteiger partial charge in [-0.25, -0.2) is 0 Å². The van der Waals surface area contributed by atoms with Gasteiger partial charge in [0.1, 0.15) is 12.4 Å². The fourth-order valence-electron chi connectivity index (χ4n) is 3.76. The highest BCUT2D eigenvalue weighted by atomic mass is 16.5. The van der Waals surface area contributed by atoms with E-state index < -0.39 is 5.60 Å². The molecule has 0 saturated carbocycles. The number of likely N-dealkylation sites (N-methyl/N-ethyl adjacent to an activating group) is 1. The Balaban J connectivity index is 1.90. The van der Waals surface area contributed by atoms with Gasteiger partial charge in [0, 0.05) is 24.2 Å². The van der Waals surface area contributed by atoms with E-state index in [4.69, 9.17) is 4.74 Å². The topological polar surface area (TPSA) is 53.0 Å². The summed E-state index contributed by atoms with van der Waals surface area (Å²) < 4.78 is 5.88. The molecule has 1 atom stereocenters. The van der Waals surface area contributed by atoms with E-state index in [1.807, 2.05) is 81.1 Å². The van der Waals surface area contributed by atoms with Crippen molar-refractivity contribution < 1.29 is 14.6 Å². The molecule has 0 radical (unpaired) electrons. The summed E-state index contributed by atoms with van der Waals surface area (Å²) in [5.74, 6) is 0.795. The molecule has 0 aromatic heterocycles. The number of rotatable bonds is 4. The molecule has 1 aliphatic rings. The molecule has 1 heterocycles. The van der Waals surface area contributed by atoms with Gasteiger partial charge in [-0.05, 0) is 69.8 Å². The first-order valence-electron chi connectivity index (χ1n) is 9.68. The fourth-order valence-corrected chi connectivity index (χ4v) is 3.76. The van der Waals surface area contributed by atoms with Crippen molar-refractivity contribution in [2.45, 2.75) is 32.9 Å². The van der Waals surface area contributed by atoms with Crippen LogP contribution in [0.5, 0.6) is 5.75 Å². The van der Waals surface area contributed by atoms with Crippen molar-refractivity contribution in [1.29, 1.82) is 0 Å². The normalized spacial score (nSPS) is 16.2. The van der Waals surface area contributed by atoms with Crippen molar-refractivity contribution >= 4 is 5.91 Å². The predicted octanol–water partition coefficient (Wildman–Crippen LogP) is 3.11. The number of nitrogens with zero attached hydrogens (tertiary/aromatic N) is 2. The molecule has 1 aliphatic heterocycles. The second-order valence-electron chi connectivity index (χ2n) is 8.16. The average molecular weight is 383 g/mol. The van der Waals surface area contributed by atoms with E-state index in [2.05, 4.69) is 0 Å². The van der Waals surface area contributed by atoms with E-state index in [1.54, 1.807) is 0 Å². The molecule has 2 aromatic rings. The highest BCUT2D eigenvalue weighted by molar-refractivity contribution is 5.96. The second-order valence-corrected chi connectivity index (χ2v) is 8.16. The van der Waals surface area contributed by atoms with Crippen LogP contribution in [-0.4, -0.2) is 54.6 Å². The number of hydrogen-bond acceptors (Lipinski definition) is 4. The van der Waals surface area contributed by atoms with Gasteiger partial charge < -0.3 is 19.6 Å². The lowest BCUT2D eigenvalue weighted by atomic mass is 9.93. The summed E-state index contributed by atoms with van der Waals surface area (Å²) in [4.78, 5) is 17.0. The Morgan fingerprint density at radius 2 is 2.00 bits per heavy atom. The largest absolute Gasteiger partial charge is 0.491 e. The van der Waals surface area contributed by atoms with Gasteiger partial charge in [-0.15, -0.1) is 0 Å². The lowest BCUT2D eigenvalue weighted by molar-refractivity contribution is 0.0299. The van der Waals surface area contributed by atoms with Crippen LogP contribution < -0.4 is 4.74 Å². The molecular formula is C23H30N2O3. The molecule has 1 unspecified atom stereocenters. The van der Waals surface area contributed by atoms with Gasteiger partial charge in [-0.2, -0.15) is 0 Å². The van der Waals surface area contributed by atoms with E-state index in [0.29, 0.717) is 26.2 Å². The summed E-state index contributed by atoms with van der Waals surface area (Å²) in [7, 11) is 3.87. The molecule has 5 heteroatoms. The lowest BCUT2D eigenvalue weighted by Crippen LogP contribution is -2.35. The highest BCUT2D eigenvalue weighted by Crippen LogP contribution is 2.30. The maximum Gasteiger partial charge on any atom is 0.254 e. The van der Waals surface area contributed by atoms with E-state index in [1.165, 1.54) is 0 Å². The van der Waals surface area contributed by atoms with E-state index in [-0.39, 0.29) is 5.91 Å². The van der Waals surface area contributed by atoms with Crippen molar-refractivity contribution in [2.24, 2.45) is 0 Å². The van der Waals surface area contributed by atoms with Crippen LogP contribution >= 0.6 is 0 Å². The molecule has 2 aromatic carbocycles. The Labute approximate surface area is 167 Å². The van der Waals surface area contributed by atoms with Gasteiger partial charge in [0.15, 0.2) is 0 Å². The first kappa shape index (κ1) is 20.4.